The van der Waals surface area contributed by atoms with E-state index < -0.39 is 0 Å². The van der Waals surface area contributed by atoms with Gasteiger partial charge in [-0.1, -0.05) is 30.3 Å². The van der Waals surface area contributed by atoms with Gasteiger partial charge in [-0.15, -0.1) is 5.10 Å². The van der Waals surface area contributed by atoms with Gasteiger partial charge in [0.05, 0.1) is 19.4 Å². The van der Waals surface area contributed by atoms with Gasteiger partial charge in [0, 0.05) is 18.2 Å². The van der Waals surface area contributed by atoms with Gasteiger partial charge in [0.1, 0.15) is 5.75 Å². The molecular formula is C20H19N5O2. The monoisotopic (exact) mass is 361 g/mol. The van der Waals surface area contributed by atoms with Gasteiger partial charge in [-0.2, -0.15) is 0 Å². The Morgan fingerprint density at radius 3 is 2.63 bits per heavy atom. The predicted molar refractivity (Wildman–Crippen MR) is 104 cm³/mol. The molecule has 2 heterocycles. The Bertz CT molecular complexity index is 979. The number of amidine groups is 1. The molecule has 2 aromatic rings. The molecule has 0 atom stereocenters. The van der Waals surface area contributed by atoms with E-state index >= 15 is 0 Å². The van der Waals surface area contributed by atoms with E-state index in [0.29, 0.717) is 24.0 Å². The summed E-state index contributed by atoms with van der Waals surface area (Å²) in [6.45, 7) is 0.502. The van der Waals surface area contributed by atoms with Crippen LogP contribution in [0.3, 0.4) is 0 Å². The van der Waals surface area contributed by atoms with E-state index in [2.05, 4.69) is 10.5 Å². The molecule has 0 aromatic heterocycles. The van der Waals surface area contributed by atoms with Crippen molar-refractivity contribution in [2.45, 2.75) is 0 Å². The van der Waals surface area contributed by atoms with Crippen molar-refractivity contribution in [3.05, 3.63) is 77.3 Å². The van der Waals surface area contributed by atoms with E-state index in [1.165, 1.54) is 0 Å². The Balaban J connectivity index is 1.71. The van der Waals surface area contributed by atoms with Gasteiger partial charge < -0.3 is 14.4 Å². The van der Waals surface area contributed by atoms with Gasteiger partial charge in [-0.3, -0.25) is 5.41 Å². The second-order valence-electron chi connectivity index (χ2n) is 6.14. The van der Waals surface area contributed by atoms with E-state index in [0.717, 1.165) is 22.6 Å². The molecule has 7 nitrogen and oxygen atoms in total. The second-order valence-corrected chi connectivity index (χ2v) is 6.14. The number of para-hydroxylation sites is 1. The molecule has 0 saturated heterocycles. The van der Waals surface area contributed by atoms with Crippen molar-refractivity contribution in [1.82, 2.24) is 10.3 Å². The topological polar surface area (TPSA) is 82.3 Å². The Kier molecular flexibility index (Phi) is 4.33. The van der Waals surface area contributed by atoms with E-state index in [1.54, 1.807) is 7.11 Å². The summed E-state index contributed by atoms with van der Waals surface area (Å²) in [5.74, 6) is 1.80. The Hall–Kier alpha value is -3.61. The Morgan fingerprint density at radius 2 is 1.85 bits per heavy atom. The zero-order chi connectivity index (χ0) is 18.8. The molecule has 2 aromatic carbocycles. The zero-order valence-corrected chi connectivity index (χ0v) is 15.1. The van der Waals surface area contributed by atoms with Crippen molar-refractivity contribution < 1.29 is 9.47 Å². The maximum atomic E-state index is 8.40. The first-order valence-corrected chi connectivity index (χ1v) is 8.49. The highest BCUT2D eigenvalue weighted by Gasteiger charge is 2.28. The third kappa shape index (κ3) is 3.15. The average molecular weight is 361 g/mol. The van der Waals surface area contributed by atoms with Crippen LogP contribution in [-0.4, -0.2) is 43.0 Å². The number of nitrogens with zero attached hydrogens (tertiary/aromatic N) is 3. The number of aliphatic imine (C=N–C) groups is 1. The number of hydrogen-bond donors (Lipinski definition) is 2. The molecule has 0 radical (unpaired) electrons. The van der Waals surface area contributed by atoms with Crippen molar-refractivity contribution in [3.8, 4) is 5.75 Å². The lowest BCUT2D eigenvalue weighted by molar-refractivity contribution is 0.407. The Labute approximate surface area is 157 Å². The lowest BCUT2D eigenvalue weighted by atomic mass is 10.1. The highest BCUT2D eigenvalue weighted by molar-refractivity contribution is 6.12. The quantitative estimate of drug-likeness (QED) is 0.880. The van der Waals surface area contributed by atoms with Crippen molar-refractivity contribution >= 4 is 17.4 Å². The van der Waals surface area contributed by atoms with Crippen molar-refractivity contribution in [1.29, 1.82) is 5.41 Å². The number of nitrogens with one attached hydrogen (secondary N) is 2. The van der Waals surface area contributed by atoms with Gasteiger partial charge in [-0.05, 0) is 24.3 Å². The number of hydrazone groups is 1. The van der Waals surface area contributed by atoms with Crippen LogP contribution in [0.1, 0.15) is 11.1 Å². The molecule has 0 amide bonds. The minimum Gasteiger partial charge on any atom is -0.496 e. The van der Waals surface area contributed by atoms with Gasteiger partial charge in [-0.25, -0.2) is 10.4 Å². The maximum Gasteiger partial charge on any atom is 0.245 e. The molecule has 0 unspecified atom stereocenters. The summed E-state index contributed by atoms with van der Waals surface area (Å²) in [7, 11) is 3.48. The third-order valence-corrected chi connectivity index (χ3v) is 4.35. The van der Waals surface area contributed by atoms with Crippen LogP contribution in [-0.2, 0) is 4.74 Å². The van der Waals surface area contributed by atoms with Crippen LogP contribution in [0, 0.1) is 5.41 Å². The predicted octanol–water partition coefficient (Wildman–Crippen LogP) is 2.56. The normalized spacial score (nSPS) is 19.2. The fourth-order valence-electron chi connectivity index (χ4n) is 2.94. The van der Waals surface area contributed by atoms with Crippen LogP contribution < -0.4 is 10.2 Å². The highest BCUT2D eigenvalue weighted by Crippen LogP contribution is 2.25. The lowest BCUT2D eigenvalue weighted by Crippen LogP contribution is -2.38. The van der Waals surface area contributed by atoms with Gasteiger partial charge in [0.25, 0.3) is 0 Å². The van der Waals surface area contributed by atoms with Crippen LogP contribution in [0.2, 0.25) is 0 Å². The van der Waals surface area contributed by atoms with Crippen LogP contribution in [0.15, 0.2) is 76.3 Å². The van der Waals surface area contributed by atoms with Crippen LogP contribution >= 0.6 is 0 Å². The third-order valence-electron chi connectivity index (χ3n) is 4.35. The summed E-state index contributed by atoms with van der Waals surface area (Å²) in [4.78, 5) is 6.50. The number of ether oxygens (including phenoxy) is 2. The van der Waals surface area contributed by atoms with Crippen molar-refractivity contribution in [2.24, 2.45) is 10.1 Å². The largest absolute Gasteiger partial charge is 0.496 e. The van der Waals surface area contributed by atoms with Crippen molar-refractivity contribution in [2.75, 3.05) is 20.7 Å². The first kappa shape index (κ1) is 16.8. The van der Waals surface area contributed by atoms with E-state index in [4.69, 9.17) is 19.9 Å². The van der Waals surface area contributed by atoms with Crippen molar-refractivity contribution in [3.63, 3.8) is 0 Å². The van der Waals surface area contributed by atoms with Gasteiger partial charge >= 0.3 is 0 Å². The smallest absolute Gasteiger partial charge is 0.245 e. The maximum absolute atomic E-state index is 8.40. The summed E-state index contributed by atoms with van der Waals surface area (Å²) in [5, 5.41) is 12.6. The first-order chi connectivity index (χ1) is 13.2. The fraction of sp³-hybridized carbons (Fsp3) is 0.150. The average Bonchev–Trinajstić information content (AvgIpc) is 3.20. The molecule has 0 saturated carbocycles. The minimum absolute atomic E-state index is 0.264. The summed E-state index contributed by atoms with van der Waals surface area (Å²) < 4.78 is 11.3. The molecule has 7 heteroatoms. The molecule has 2 aliphatic rings. The molecule has 27 heavy (non-hydrogen) atoms. The number of likely N-dealkylation sites (N-methyl/N-ethyl adjacent to an activating group) is 1. The van der Waals surface area contributed by atoms with E-state index in [9.17, 15) is 0 Å². The van der Waals surface area contributed by atoms with Crippen LogP contribution in [0.5, 0.6) is 5.75 Å². The number of hydrogen-bond acceptors (Lipinski definition) is 6. The van der Waals surface area contributed by atoms with Gasteiger partial charge in [0.2, 0.25) is 11.8 Å². The minimum atomic E-state index is 0.264. The molecule has 2 N–H and O–H groups in total. The summed E-state index contributed by atoms with van der Waals surface area (Å²) >= 11 is 0. The van der Waals surface area contributed by atoms with Gasteiger partial charge in [0.15, 0.2) is 11.5 Å². The second kappa shape index (κ2) is 6.95. The molecule has 136 valence electrons. The first-order valence-electron chi connectivity index (χ1n) is 8.49. The molecule has 0 spiro atoms. The number of benzene rings is 2. The van der Waals surface area contributed by atoms with Crippen LogP contribution in [0.25, 0.3) is 0 Å². The van der Waals surface area contributed by atoms with Crippen LogP contribution in [0.4, 0.5) is 0 Å². The molecule has 0 fully saturated rings. The highest BCUT2D eigenvalue weighted by atomic mass is 16.5. The Morgan fingerprint density at radius 1 is 1.11 bits per heavy atom. The summed E-state index contributed by atoms with van der Waals surface area (Å²) in [6, 6.07) is 17.3. The zero-order valence-electron chi connectivity index (χ0n) is 15.1. The summed E-state index contributed by atoms with van der Waals surface area (Å²) in [6.07, 6.45) is 0. The number of methoxy groups -OCH3 is 1. The SMILES string of the molecule is COc1ccccc1C1=NC(=C2NN=C(c3ccccc3)O2)C(=N)N(C)C1. The molecule has 4 rings (SSSR count). The molecule has 0 aliphatic carbocycles. The molecule has 2 aliphatic heterocycles. The number of rotatable bonds is 3. The van der Waals surface area contributed by atoms with E-state index in [-0.39, 0.29) is 5.84 Å². The lowest BCUT2D eigenvalue weighted by Gasteiger charge is -2.27. The van der Waals surface area contributed by atoms with E-state index in [1.807, 2.05) is 66.5 Å². The molecular weight excluding hydrogens is 342 g/mol. The molecule has 0 bridgehead atoms. The summed E-state index contributed by atoms with van der Waals surface area (Å²) in [5.41, 5.74) is 5.81. The fourth-order valence-corrected chi connectivity index (χ4v) is 2.94. The standard InChI is InChI=1S/C20H19N5O2/c1-25-12-15(14-10-6-7-11-16(14)26-2)22-17(18(25)21)20-24-23-19(27-20)13-8-4-3-5-9-13/h3-11,21,24H,12H2,1-2H3.